The third kappa shape index (κ3) is 5.50. The highest BCUT2D eigenvalue weighted by atomic mass is 14.7. The Balaban J connectivity index is 1.28. The van der Waals surface area contributed by atoms with Crippen molar-refractivity contribution in [1.82, 2.24) is 9.97 Å². The first-order chi connectivity index (χ1) is 29.8. The maximum atomic E-state index is 5.03. The van der Waals surface area contributed by atoms with Crippen LogP contribution in [0, 0.1) is 0 Å². The Hall–Kier alpha value is -7.94. The van der Waals surface area contributed by atoms with Crippen molar-refractivity contribution >= 4 is 64.9 Å². The van der Waals surface area contributed by atoms with E-state index in [9.17, 15) is 0 Å². The first-order valence-corrected chi connectivity index (χ1v) is 20.6. The second-order valence-electron chi connectivity index (χ2n) is 15.7. The van der Waals surface area contributed by atoms with Crippen LogP contribution in [-0.4, -0.2) is 9.97 Å². The van der Waals surface area contributed by atoms with Gasteiger partial charge in [-0.2, -0.15) is 0 Å². The molecule has 10 aromatic carbocycles. The van der Waals surface area contributed by atoms with Gasteiger partial charge in [-0.25, -0.2) is 0 Å². The summed E-state index contributed by atoms with van der Waals surface area (Å²) in [6.07, 6.45) is 4.12. The first-order valence-electron chi connectivity index (χ1n) is 20.6. The average molecular weight is 761 g/mol. The topological polar surface area (TPSA) is 25.8 Å². The normalized spacial score (nSPS) is 11.7. The molecule has 2 heteroatoms. The molecule has 278 valence electrons. The van der Waals surface area contributed by atoms with E-state index in [0.29, 0.717) is 0 Å². The van der Waals surface area contributed by atoms with E-state index in [0.717, 1.165) is 32.9 Å². The van der Waals surface area contributed by atoms with Gasteiger partial charge in [0, 0.05) is 34.3 Å². The molecule has 60 heavy (non-hydrogen) atoms. The molecule has 0 atom stereocenters. The zero-order valence-corrected chi connectivity index (χ0v) is 32.7. The fourth-order valence-electron chi connectivity index (χ4n) is 9.58. The lowest BCUT2D eigenvalue weighted by Gasteiger charge is -2.22. The molecule has 0 N–H and O–H groups in total. The lowest BCUT2D eigenvalue weighted by molar-refractivity contribution is 1.41. The lowest BCUT2D eigenvalue weighted by atomic mass is 9.81. The minimum absolute atomic E-state index is 0.986. The van der Waals surface area contributed by atoms with Gasteiger partial charge < -0.3 is 0 Å². The molecule has 0 aliphatic rings. The number of fused-ring (bicyclic) bond motifs is 7. The molecule has 2 heterocycles. The van der Waals surface area contributed by atoms with Gasteiger partial charge in [-0.05, 0) is 130 Å². The van der Waals surface area contributed by atoms with Crippen LogP contribution < -0.4 is 0 Å². The van der Waals surface area contributed by atoms with E-state index in [2.05, 4.69) is 219 Å². The number of nitrogens with zero attached hydrogens (tertiary/aromatic N) is 2. The second kappa shape index (κ2) is 13.9. The van der Waals surface area contributed by atoms with E-state index < -0.39 is 0 Å². The smallest absolute Gasteiger partial charge is 0.0702 e. The highest BCUT2D eigenvalue weighted by Gasteiger charge is 2.23. The molecular formula is C58H36N2. The number of hydrogen-bond donors (Lipinski definition) is 0. The summed E-state index contributed by atoms with van der Waals surface area (Å²) in [5, 5.41) is 11.8. The maximum absolute atomic E-state index is 5.03. The standard InChI is InChI=1S/C58H36N2/c1-3-16-37(17-4-1)39-22-15-23-42(30-39)58-46-25-10-9-24-45(46)49-33-51-52(34-50(49)57(58)38-18-5-2-6-19-38)56(44-32-41-21-8-14-29-54(41)60-36-44)48-27-12-11-26-47(48)55(51)43-31-40-20-7-13-28-53(40)59-35-43/h1-36H. The fraction of sp³-hybridized carbons (Fsp3) is 0. The summed E-state index contributed by atoms with van der Waals surface area (Å²) >= 11 is 0. The zero-order chi connectivity index (χ0) is 39.6. The Morgan fingerprint density at radius 1 is 0.217 bits per heavy atom. The van der Waals surface area contributed by atoms with E-state index in [-0.39, 0.29) is 0 Å². The zero-order valence-electron chi connectivity index (χ0n) is 32.7. The minimum atomic E-state index is 0.986. The molecule has 0 fully saturated rings. The molecule has 2 nitrogen and oxygen atoms in total. The van der Waals surface area contributed by atoms with Crippen LogP contribution in [0.2, 0.25) is 0 Å². The van der Waals surface area contributed by atoms with Gasteiger partial charge in [-0.15, -0.1) is 0 Å². The number of benzene rings is 10. The number of aromatic nitrogens is 2. The highest BCUT2D eigenvalue weighted by Crippen LogP contribution is 2.50. The van der Waals surface area contributed by atoms with Crippen molar-refractivity contribution < 1.29 is 0 Å². The van der Waals surface area contributed by atoms with Gasteiger partial charge in [0.25, 0.3) is 0 Å². The number of pyridine rings is 2. The largest absolute Gasteiger partial charge is 0.256 e. The predicted octanol–water partition coefficient (Wildman–Crippen LogP) is 15.7. The third-order valence-corrected chi connectivity index (χ3v) is 12.2. The average Bonchev–Trinajstić information content (AvgIpc) is 3.32. The molecule has 0 saturated heterocycles. The van der Waals surface area contributed by atoms with E-state index in [1.807, 2.05) is 0 Å². The van der Waals surface area contributed by atoms with E-state index in [1.165, 1.54) is 87.6 Å². The van der Waals surface area contributed by atoms with Crippen molar-refractivity contribution in [1.29, 1.82) is 0 Å². The summed E-state index contributed by atoms with van der Waals surface area (Å²) in [6, 6.07) is 74.9. The van der Waals surface area contributed by atoms with E-state index in [4.69, 9.17) is 9.97 Å². The molecule has 0 radical (unpaired) electrons. The maximum Gasteiger partial charge on any atom is 0.0702 e. The Morgan fingerprint density at radius 2 is 0.633 bits per heavy atom. The summed E-state index contributed by atoms with van der Waals surface area (Å²) in [5.74, 6) is 0. The van der Waals surface area contributed by atoms with Crippen molar-refractivity contribution in [3.05, 3.63) is 219 Å². The fourth-order valence-corrected chi connectivity index (χ4v) is 9.58. The van der Waals surface area contributed by atoms with E-state index >= 15 is 0 Å². The molecule has 0 unspecified atom stereocenters. The first kappa shape index (κ1) is 34.1. The third-order valence-electron chi connectivity index (χ3n) is 12.2. The van der Waals surface area contributed by atoms with Crippen molar-refractivity contribution in [2.75, 3.05) is 0 Å². The number of rotatable bonds is 5. The molecule has 12 rings (SSSR count). The summed E-state index contributed by atoms with van der Waals surface area (Å²) in [5.41, 5.74) is 13.7. The molecule has 12 aromatic rings. The van der Waals surface area contributed by atoms with Gasteiger partial charge >= 0.3 is 0 Å². The van der Waals surface area contributed by atoms with Gasteiger partial charge in [0.1, 0.15) is 0 Å². The van der Waals surface area contributed by atoms with Crippen LogP contribution in [0.15, 0.2) is 219 Å². The Morgan fingerprint density at radius 3 is 1.23 bits per heavy atom. The van der Waals surface area contributed by atoms with Crippen LogP contribution in [-0.2, 0) is 0 Å². The molecular weight excluding hydrogens is 725 g/mol. The van der Waals surface area contributed by atoms with Crippen molar-refractivity contribution in [2.45, 2.75) is 0 Å². The molecule has 0 bridgehead atoms. The monoisotopic (exact) mass is 760 g/mol. The van der Waals surface area contributed by atoms with Crippen LogP contribution in [0.5, 0.6) is 0 Å². The molecule has 0 spiro atoms. The highest BCUT2D eigenvalue weighted by molar-refractivity contribution is 6.29. The Kier molecular flexibility index (Phi) is 7.89. The Bertz CT molecular complexity index is 3650. The lowest BCUT2D eigenvalue weighted by Crippen LogP contribution is -1.96. The van der Waals surface area contributed by atoms with Gasteiger partial charge in [0.2, 0.25) is 0 Å². The second-order valence-corrected chi connectivity index (χ2v) is 15.7. The predicted molar refractivity (Wildman–Crippen MR) is 254 cm³/mol. The summed E-state index contributed by atoms with van der Waals surface area (Å²) < 4.78 is 0. The van der Waals surface area contributed by atoms with Gasteiger partial charge in [0.15, 0.2) is 0 Å². The van der Waals surface area contributed by atoms with Crippen LogP contribution >= 0.6 is 0 Å². The van der Waals surface area contributed by atoms with Crippen molar-refractivity contribution in [3.8, 4) is 55.6 Å². The summed E-state index contributed by atoms with van der Waals surface area (Å²) in [4.78, 5) is 10.0. The van der Waals surface area contributed by atoms with E-state index in [1.54, 1.807) is 0 Å². The summed E-state index contributed by atoms with van der Waals surface area (Å²) in [7, 11) is 0. The van der Waals surface area contributed by atoms with Gasteiger partial charge in [0.05, 0.1) is 11.0 Å². The molecule has 0 aliphatic carbocycles. The Labute approximate surface area is 347 Å². The summed E-state index contributed by atoms with van der Waals surface area (Å²) in [6.45, 7) is 0. The van der Waals surface area contributed by atoms with Crippen LogP contribution in [0.3, 0.4) is 0 Å². The van der Waals surface area contributed by atoms with Crippen LogP contribution in [0.25, 0.3) is 121 Å². The van der Waals surface area contributed by atoms with Crippen LogP contribution in [0.4, 0.5) is 0 Å². The van der Waals surface area contributed by atoms with Crippen molar-refractivity contribution in [3.63, 3.8) is 0 Å². The van der Waals surface area contributed by atoms with Crippen molar-refractivity contribution in [2.24, 2.45) is 0 Å². The molecule has 0 amide bonds. The number of para-hydroxylation sites is 2. The van der Waals surface area contributed by atoms with Gasteiger partial charge in [-0.1, -0.05) is 164 Å². The SMILES string of the molecule is c1ccc(-c2cccc(-c3c(-c4ccccc4)c4cc5c(-c6cnc7ccccc7c6)c6ccccc6c(-c6cnc7ccccc7c6)c5cc4c4ccccc34)c2)cc1. The van der Waals surface area contributed by atoms with Crippen LogP contribution in [0.1, 0.15) is 0 Å². The molecule has 2 aromatic heterocycles. The number of hydrogen-bond acceptors (Lipinski definition) is 2. The molecule has 0 aliphatic heterocycles. The quantitative estimate of drug-likeness (QED) is 0.129. The molecule has 0 saturated carbocycles. The van der Waals surface area contributed by atoms with Gasteiger partial charge in [-0.3, -0.25) is 9.97 Å². The minimum Gasteiger partial charge on any atom is -0.256 e.